The van der Waals surface area contributed by atoms with Gasteiger partial charge in [0.05, 0.1) is 11.8 Å². The molecule has 0 bridgehead atoms. The molecule has 5 heteroatoms. The summed E-state index contributed by atoms with van der Waals surface area (Å²) in [6.07, 6.45) is 2.13. The van der Waals surface area contributed by atoms with E-state index in [9.17, 15) is 14.7 Å². The molecule has 0 spiro atoms. The summed E-state index contributed by atoms with van der Waals surface area (Å²) in [5.74, 6) is -1.85. The number of carboxylic acid groups (broad SMARTS) is 1. The van der Waals surface area contributed by atoms with Gasteiger partial charge in [-0.25, -0.2) is 0 Å². The number of hydrogen-bond acceptors (Lipinski definition) is 2. The van der Waals surface area contributed by atoms with Crippen molar-refractivity contribution in [2.45, 2.75) is 33.1 Å². The first-order valence-electron chi connectivity index (χ1n) is 7.22. The summed E-state index contributed by atoms with van der Waals surface area (Å²) >= 11 is 6.04. The van der Waals surface area contributed by atoms with Gasteiger partial charge in [0.25, 0.3) is 0 Å². The van der Waals surface area contributed by atoms with E-state index in [1.807, 2.05) is 13.8 Å². The number of carboxylic acids is 1. The van der Waals surface area contributed by atoms with Crippen molar-refractivity contribution in [2.24, 2.45) is 17.8 Å². The molecular formula is C16H20ClNO3. The van der Waals surface area contributed by atoms with E-state index < -0.39 is 17.8 Å². The molecule has 1 unspecified atom stereocenters. The number of aliphatic carboxylic acids is 1. The Morgan fingerprint density at radius 3 is 2.62 bits per heavy atom. The second-order valence-corrected chi connectivity index (χ2v) is 6.11. The Balaban J connectivity index is 2.15. The number of carbonyl (C=O) groups excluding carboxylic acids is 1. The normalized spacial score (nSPS) is 24.8. The number of benzene rings is 1. The third kappa shape index (κ3) is 3.38. The van der Waals surface area contributed by atoms with Crippen LogP contribution in [0.1, 0.15) is 31.7 Å². The lowest BCUT2D eigenvalue weighted by Crippen LogP contribution is -2.30. The molecule has 0 saturated heterocycles. The molecule has 1 aromatic carbocycles. The van der Waals surface area contributed by atoms with Gasteiger partial charge in [-0.05, 0) is 43.4 Å². The van der Waals surface area contributed by atoms with Crippen molar-refractivity contribution in [1.29, 1.82) is 0 Å². The molecule has 3 atom stereocenters. The van der Waals surface area contributed by atoms with E-state index in [0.717, 1.165) is 12.0 Å². The first-order chi connectivity index (χ1) is 9.93. The van der Waals surface area contributed by atoms with Crippen molar-refractivity contribution in [3.8, 4) is 0 Å². The van der Waals surface area contributed by atoms with Crippen molar-refractivity contribution >= 4 is 29.2 Å². The standard InChI is InChI=1S/C16H20ClNO3/c1-3-10-7-11(12(8-10)16(20)21)15(19)18-14-6-4-5-13(17)9(14)2/h4-6,10-12H,3,7-8H2,1-2H3,(H,18,19)(H,20,21)/t10?,11-,12+/m0/s1. The summed E-state index contributed by atoms with van der Waals surface area (Å²) in [6, 6.07) is 5.31. The van der Waals surface area contributed by atoms with Crippen molar-refractivity contribution in [3.05, 3.63) is 28.8 Å². The Bertz CT molecular complexity index is 558. The summed E-state index contributed by atoms with van der Waals surface area (Å²) in [6.45, 7) is 3.86. The molecule has 1 fully saturated rings. The Morgan fingerprint density at radius 1 is 1.33 bits per heavy atom. The Morgan fingerprint density at radius 2 is 2.00 bits per heavy atom. The van der Waals surface area contributed by atoms with E-state index in [4.69, 9.17) is 11.6 Å². The molecular weight excluding hydrogens is 290 g/mol. The molecule has 4 nitrogen and oxygen atoms in total. The van der Waals surface area contributed by atoms with Crippen molar-refractivity contribution in [1.82, 2.24) is 0 Å². The van der Waals surface area contributed by atoms with E-state index in [2.05, 4.69) is 5.32 Å². The topological polar surface area (TPSA) is 66.4 Å². The van der Waals surface area contributed by atoms with Crippen LogP contribution >= 0.6 is 11.6 Å². The number of anilines is 1. The van der Waals surface area contributed by atoms with Crippen LogP contribution in [-0.4, -0.2) is 17.0 Å². The second-order valence-electron chi connectivity index (χ2n) is 5.70. The van der Waals surface area contributed by atoms with E-state index >= 15 is 0 Å². The number of rotatable bonds is 4. The number of halogens is 1. The minimum absolute atomic E-state index is 0.219. The molecule has 1 aliphatic rings. The molecule has 1 aliphatic carbocycles. The van der Waals surface area contributed by atoms with Gasteiger partial charge >= 0.3 is 5.97 Å². The maximum atomic E-state index is 12.4. The van der Waals surface area contributed by atoms with Gasteiger partial charge in [-0.3, -0.25) is 9.59 Å². The number of hydrogen-bond donors (Lipinski definition) is 2. The molecule has 114 valence electrons. The minimum Gasteiger partial charge on any atom is -0.481 e. The molecule has 21 heavy (non-hydrogen) atoms. The summed E-state index contributed by atoms with van der Waals surface area (Å²) in [5, 5.41) is 12.7. The number of carbonyl (C=O) groups is 2. The lowest BCUT2D eigenvalue weighted by molar-refractivity contribution is -0.145. The summed E-state index contributed by atoms with van der Waals surface area (Å²) in [7, 11) is 0. The van der Waals surface area contributed by atoms with E-state index in [1.54, 1.807) is 18.2 Å². The van der Waals surface area contributed by atoms with E-state index in [0.29, 0.717) is 29.5 Å². The predicted octanol–water partition coefficient (Wildman–Crippen LogP) is 3.72. The smallest absolute Gasteiger partial charge is 0.307 e. The van der Waals surface area contributed by atoms with Gasteiger partial charge in [0, 0.05) is 10.7 Å². The van der Waals surface area contributed by atoms with Crippen LogP contribution in [0.3, 0.4) is 0 Å². The zero-order chi connectivity index (χ0) is 15.6. The zero-order valence-corrected chi connectivity index (χ0v) is 13.0. The minimum atomic E-state index is -0.881. The van der Waals surface area contributed by atoms with Gasteiger partial charge in [-0.2, -0.15) is 0 Å². The summed E-state index contributed by atoms with van der Waals surface area (Å²) in [5.41, 5.74) is 1.45. The average molecular weight is 310 g/mol. The van der Waals surface area contributed by atoms with Crippen LogP contribution in [-0.2, 0) is 9.59 Å². The molecule has 2 N–H and O–H groups in total. The van der Waals surface area contributed by atoms with Crippen LogP contribution in [0.4, 0.5) is 5.69 Å². The van der Waals surface area contributed by atoms with Crippen molar-refractivity contribution in [2.75, 3.05) is 5.32 Å². The molecule has 1 saturated carbocycles. The van der Waals surface area contributed by atoms with Crippen LogP contribution in [0.5, 0.6) is 0 Å². The fourth-order valence-electron chi connectivity index (χ4n) is 3.01. The highest BCUT2D eigenvalue weighted by Crippen LogP contribution is 2.39. The first-order valence-corrected chi connectivity index (χ1v) is 7.60. The van der Waals surface area contributed by atoms with Crippen molar-refractivity contribution < 1.29 is 14.7 Å². The lowest BCUT2D eigenvalue weighted by atomic mass is 9.95. The number of amides is 1. The maximum Gasteiger partial charge on any atom is 0.307 e. The fraction of sp³-hybridized carbons (Fsp3) is 0.500. The summed E-state index contributed by atoms with van der Waals surface area (Å²) in [4.78, 5) is 23.8. The van der Waals surface area contributed by atoms with Crippen LogP contribution in [0.2, 0.25) is 5.02 Å². The van der Waals surface area contributed by atoms with Gasteiger partial charge in [0.1, 0.15) is 0 Å². The quantitative estimate of drug-likeness (QED) is 0.890. The van der Waals surface area contributed by atoms with Crippen molar-refractivity contribution in [3.63, 3.8) is 0 Å². The second kappa shape index (κ2) is 6.48. The highest BCUT2D eigenvalue weighted by molar-refractivity contribution is 6.31. The van der Waals surface area contributed by atoms with Gasteiger partial charge < -0.3 is 10.4 Å². The van der Waals surface area contributed by atoms with Gasteiger partial charge in [0.2, 0.25) is 5.91 Å². The Labute approximate surface area is 129 Å². The van der Waals surface area contributed by atoms with Crippen LogP contribution in [0.25, 0.3) is 0 Å². The number of nitrogens with one attached hydrogen (secondary N) is 1. The van der Waals surface area contributed by atoms with E-state index in [-0.39, 0.29) is 5.91 Å². The van der Waals surface area contributed by atoms with Gasteiger partial charge in [0.15, 0.2) is 0 Å². The predicted molar refractivity (Wildman–Crippen MR) is 82.4 cm³/mol. The van der Waals surface area contributed by atoms with Crippen LogP contribution < -0.4 is 5.32 Å². The molecule has 2 rings (SSSR count). The largest absolute Gasteiger partial charge is 0.481 e. The third-order valence-corrected chi connectivity index (χ3v) is 4.83. The maximum absolute atomic E-state index is 12.4. The average Bonchev–Trinajstić information content (AvgIpc) is 2.88. The van der Waals surface area contributed by atoms with E-state index in [1.165, 1.54) is 0 Å². The first kappa shape index (κ1) is 15.8. The zero-order valence-electron chi connectivity index (χ0n) is 12.2. The fourth-order valence-corrected chi connectivity index (χ4v) is 3.18. The molecule has 1 aromatic rings. The molecule has 0 heterocycles. The Hall–Kier alpha value is -1.55. The third-order valence-electron chi connectivity index (χ3n) is 4.42. The Kier molecular flexibility index (Phi) is 4.88. The molecule has 0 aliphatic heterocycles. The SMILES string of the molecule is CCC1C[C@H](C(=O)Nc2cccc(Cl)c2C)[C@H](C(=O)O)C1. The van der Waals surface area contributed by atoms with Crippen LogP contribution in [0.15, 0.2) is 18.2 Å². The van der Waals surface area contributed by atoms with Crippen LogP contribution in [0, 0.1) is 24.7 Å². The molecule has 0 aromatic heterocycles. The molecule has 1 amide bonds. The highest BCUT2D eigenvalue weighted by Gasteiger charge is 2.42. The summed E-state index contributed by atoms with van der Waals surface area (Å²) < 4.78 is 0. The highest BCUT2D eigenvalue weighted by atomic mass is 35.5. The lowest BCUT2D eigenvalue weighted by Gasteiger charge is -2.17. The van der Waals surface area contributed by atoms with Gasteiger partial charge in [-0.1, -0.05) is 31.0 Å². The molecule has 0 radical (unpaired) electrons. The monoisotopic (exact) mass is 309 g/mol. The van der Waals surface area contributed by atoms with Gasteiger partial charge in [-0.15, -0.1) is 0 Å².